The lowest BCUT2D eigenvalue weighted by Crippen LogP contribution is -2.19. The van der Waals surface area contributed by atoms with Gasteiger partial charge < -0.3 is 9.84 Å². The standard InChI is InChI=1S/C5H10F2O2/c6-3-5(4-7)9-2-1-8/h5,8H,1-4H2. The maximum Gasteiger partial charge on any atom is 0.118 e. The molecule has 0 saturated carbocycles. The summed E-state index contributed by atoms with van der Waals surface area (Å²) in [7, 11) is 0. The van der Waals surface area contributed by atoms with Crippen molar-refractivity contribution >= 4 is 0 Å². The molecule has 1 N–H and O–H groups in total. The zero-order chi connectivity index (χ0) is 7.11. The zero-order valence-electron chi connectivity index (χ0n) is 5.02. The molecule has 0 unspecified atom stereocenters. The smallest absolute Gasteiger partial charge is 0.118 e. The Bertz CT molecular complexity index is 56.9. The summed E-state index contributed by atoms with van der Waals surface area (Å²) in [4.78, 5) is 0. The maximum absolute atomic E-state index is 11.5. The van der Waals surface area contributed by atoms with Gasteiger partial charge in [0.25, 0.3) is 0 Å². The fourth-order valence-electron chi connectivity index (χ4n) is 0.350. The molecule has 0 aliphatic heterocycles. The molecule has 0 aromatic rings. The second-order valence-electron chi connectivity index (χ2n) is 1.53. The topological polar surface area (TPSA) is 29.5 Å². The van der Waals surface area contributed by atoms with Crippen LogP contribution in [0, 0.1) is 0 Å². The predicted molar refractivity (Wildman–Crippen MR) is 28.8 cm³/mol. The number of alkyl halides is 2. The van der Waals surface area contributed by atoms with Crippen molar-refractivity contribution in [2.45, 2.75) is 6.10 Å². The van der Waals surface area contributed by atoms with E-state index in [0.29, 0.717) is 0 Å². The summed E-state index contributed by atoms with van der Waals surface area (Å²) in [5.74, 6) is 0. The van der Waals surface area contributed by atoms with Crippen LogP contribution in [0.3, 0.4) is 0 Å². The highest BCUT2D eigenvalue weighted by atomic mass is 19.1. The van der Waals surface area contributed by atoms with Gasteiger partial charge in [0, 0.05) is 0 Å². The van der Waals surface area contributed by atoms with E-state index in [0.717, 1.165) is 0 Å². The minimum absolute atomic E-state index is 0.00148. The minimum Gasteiger partial charge on any atom is -0.394 e. The van der Waals surface area contributed by atoms with E-state index in [-0.39, 0.29) is 13.2 Å². The van der Waals surface area contributed by atoms with Crippen LogP contribution in [0.4, 0.5) is 8.78 Å². The van der Waals surface area contributed by atoms with E-state index in [4.69, 9.17) is 5.11 Å². The van der Waals surface area contributed by atoms with E-state index >= 15 is 0 Å². The van der Waals surface area contributed by atoms with Crippen molar-refractivity contribution in [2.75, 3.05) is 26.6 Å². The van der Waals surface area contributed by atoms with Gasteiger partial charge in [-0.2, -0.15) is 0 Å². The number of aliphatic hydroxyl groups is 1. The first-order valence-electron chi connectivity index (χ1n) is 2.69. The van der Waals surface area contributed by atoms with Gasteiger partial charge in [-0.05, 0) is 0 Å². The lowest BCUT2D eigenvalue weighted by Gasteiger charge is -2.07. The molecule has 4 heteroatoms. The molecule has 0 rings (SSSR count). The van der Waals surface area contributed by atoms with Gasteiger partial charge in [-0.25, -0.2) is 8.78 Å². The van der Waals surface area contributed by atoms with Crippen molar-refractivity contribution in [3.63, 3.8) is 0 Å². The Labute approximate surface area is 52.4 Å². The van der Waals surface area contributed by atoms with Crippen LogP contribution in [0.1, 0.15) is 0 Å². The Morgan fingerprint density at radius 1 is 1.33 bits per heavy atom. The number of halogens is 2. The monoisotopic (exact) mass is 140 g/mol. The average molecular weight is 140 g/mol. The van der Waals surface area contributed by atoms with E-state index in [9.17, 15) is 8.78 Å². The predicted octanol–water partition coefficient (Wildman–Crippen LogP) is 0.303. The lowest BCUT2D eigenvalue weighted by molar-refractivity contribution is 0.00235. The first kappa shape index (κ1) is 8.78. The van der Waals surface area contributed by atoms with E-state index in [1.807, 2.05) is 0 Å². The summed E-state index contributed by atoms with van der Waals surface area (Å²) >= 11 is 0. The molecule has 0 bridgehead atoms. The fourth-order valence-corrected chi connectivity index (χ4v) is 0.350. The molecule has 0 aliphatic carbocycles. The Morgan fingerprint density at radius 2 is 1.89 bits per heavy atom. The molecule has 56 valence electrons. The number of rotatable bonds is 5. The van der Waals surface area contributed by atoms with Crippen molar-refractivity contribution in [1.82, 2.24) is 0 Å². The quantitative estimate of drug-likeness (QED) is 0.595. The second-order valence-corrected chi connectivity index (χ2v) is 1.53. The summed E-state index contributed by atoms with van der Waals surface area (Å²) < 4.78 is 27.6. The number of aliphatic hydroxyl groups excluding tert-OH is 1. The molecular weight excluding hydrogens is 130 g/mol. The van der Waals surface area contributed by atoms with Crippen LogP contribution in [0.5, 0.6) is 0 Å². The molecule has 0 fully saturated rings. The highest BCUT2D eigenvalue weighted by Gasteiger charge is 2.05. The summed E-state index contributed by atoms with van der Waals surface area (Å²) in [6, 6.07) is 0. The second kappa shape index (κ2) is 5.91. The Balaban J connectivity index is 3.09. The van der Waals surface area contributed by atoms with Gasteiger partial charge in [0.05, 0.1) is 13.2 Å². The lowest BCUT2D eigenvalue weighted by atomic mass is 10.4. The van der Waals surface area contributed by atoms with Gasteiger partial charge >= 0.3 is 0 Å². The van der Waals surface area contributed by atoms with Crippen molar-refractivity contribution in [1.29, 1.82) is 0 Å². The molecule has 0 aliphatic rings. The van der Waals surface area contributed by atoms with Crippen LogP contribution >= 0.6 is 0 Å². The molecule has 0 spiro atoms. The Morgan fingerprint density at radius 3 is 2.22 bits per heavy atom. The molecule has 0 radical (unpaired) electrons. The van der Waals surface area contributed by atoms with Crippen molar-refractivity contribution in [2.24, 2.45) is 0 Å². The summed E-state index contributed by atoms with van der Waals surface area (Å²) in [5, 5.41) is 8.14. The molecule has 9 heavy (non-hydrogen) atoms. The number of hydrogen-bond acceptors (Lipinski definition) is 2. The zero-order valence-corrected chi connectivity index (χ0v) is 5.02. The Kier molecular flexibility index (Phi) is 5.76. The highest BCUT2D eigenvalue weighted by molar-refractivity contribution is 4.51. The third-order valence-corrected chi connectivity index (χ3v) is 0.789. The Hall–Kier alpha value is -0.220. The summed E-state index contributed by atoms with van der Waals surface area (Å²) in [6.45, 7) is -1.87. The third kappa shape index (κ3) is 4.29. The van der Waals surface area contributed by atoms with Crippen LogP contribution in [0.2, 0.25) is 0 Å². The molecule has 2 nitrogen and oxygen atoms in total. The van der Waals surface area contributed by atoms with Crippen molar-refractivity contribution in [3.8, 4) is 0 Å². The van der Waals surface area contributed by atoms with Gasteiger partial charge in [-0.3, -0.25) is 0 Å². The van der Waals surface area contributed by atoms with Crippen LogP contribution in [-0.4, -0.2) is 37.8 Å². The van der Waals surface area contributed by atoms with Gasteiger partial charge in [-0.1, -0.05) is 0 Å². The number of ether oxygens (including phenoxy) is 1. The third-order valence-electron chi connectivity index (χ3n) is 0.789. The molecule has 0 amide bonds. The summed E-state index contributed by atoms with van der Waals surface area (Å²) in [6.07, 6.45) is -0.989. The molecule has 0 heterocycles. The molecule has 0 saturated heterocycles. The van der Waals surface area contributed by atoms with Crippen LogP contribution in [0.25, 0.3) is 0 Å². The molecule has 0 atom stereocenters. The minimum atomic E-state index is -0.989. The van der Waals surface area contributed by atoms with E-state index in [2.05, 4.69) is 4.74 Å². The van der Waals surface area contributed by atoms with Gasteiger partial charge in [0.15, 0.2) is 0 Å². The first-order valence-corrected chi connectivity index (χ1v) is 2.69. The van der Waals surface area contributed by atoms with E-state index < -0.39 is 19.5 Å². The number of hydrogen-bond donors (Lipinski definition) is 1. The highest BCUT2D eigenvalue weighted by Crippen LogP contribution is 1.92. The fraction of sp³-hybridized carbons (Fsp3) is 1.00. The largest absolute Gasteiger partial charge is 0.394 e. The van der Waals surface area contributed by atoms with Gasteiger partial charge in [0.1, 0.15) is 19.5 Å². The average Bonchev–Trinajstić information content (AvgIpc) is 1.91. The van der Waals surface area contributed by atoms with Crippen LogP contribution in [0.15, 0.2) is 0 Å². The van der Waals surface area contributed by atoms with Crippen molar-refractivity contribution in [3.05, 3.63) is 0 Å². The SMILES string of the molecule is OCCOC(CF)CF. The van der Waals surface area contributed by atoms with Crippen molar-refractivity contribution < 1.29 is 18.6 Å². The summed E-state index contributed by atoms with van der Waals surface area (Å²) in [5.41, 5.74) is 0. The van der Waals surface area contributed by atoms with E-state index in [1.54, 1.807) is 0 Å². The van der Waals surface area contributed by atoms with E-state index in [1.165, 1.54) is 0 Å². The molecule has 0 aromatic carbocycles. The van der Waals surface area contributed by atoms with Crippen LogP contribution in [-0.2, 0) is 4.74 Å². The normalized spacial score (nSPS) is 10.7. The molecule has 0 aromatic heterocycles. The van der Waals surface area contributed by atoms with Gasteiger partial charge in [-0.15, -0.1) is 0 Å². The van der Waals surface area contributed by atoms with Gasteiger partial charge in [0.2, 0.25) is 0 Å². The van der Waals surface area contributed by atoms with Crippen LogP contribution < -0.4 is 0 Å². The maximum atomic E-state index is 11.5. The first-order chi connectivity index (χ1) is 4.35. The molecular formula is C5H10F2O2.